The second-order valence-corrected chi connectivity index (χ2v) is 7.01. The highest BCUT2D eigenvalue weighted by atomic mass is 32.2. The quantitative estimate of drug-likeness (QED) is 0.674. The lowest BCUT2D eigenvalue weighted by atomic mass is 10.1. The molecular formula is C18H11FN2O3S. The number of carbonyl (C=O) groups is 1. The lowest BCUT2D eigenvalue weighted by molar-refractivity contribution is 0.112. The van der Waals surface area contributed by atoms with E-state index in [9.17, 15) is 17.6 Å². The Labute approximate surface area is 143 Å². The maximum absolute atomic E-state index is 13.8. The van der Waals surface area contributed by atoms with E-state index < -0.39 is 15.8 Å². The zero-order valence-corrected chi connectivity index (χ0v) is 13.6. The molecule has 0 unspecified atom stereocenters. The normalized spacial score (nSPS) is 11.0. The van der Waals surface area contributed by atoms with E-state index in [2.05, 4.69) is 0 Å². The first kappa shape index (κ1) is 16.6. The van der Waals surface area contributed by atoms with Crippen LogP contribution in [0.2, 0.25) is 0 Å². The lowest BCUT2D eigenvalue weighted by Crippen LogP contribution is -2.13. The van der Waals surface area contributed by atoms with Crippen molar-refractivity contribution in [1.82, 2.24) is 3.97 Å². The van der Waals surface area contributed by atoms with Gasteiger partial charge in [-0.2, -0.15) is 5.26 Å². The fourth-order valence-electron chi connectivity index (χ4n) is 2.41. The second kappa shape index (κ2) is 6.34. The molecule has 0 atom stereocenters. The number of nitriles is 1. The summed E-state index contributed by atoms with van der Waals surface area (Å²) in [6.07, 6.45) is 1.72. The molecule has 0 aliphatic heterocycles. The van der Waals surface area contributed by atoms with Gasteiger partial charge in [-0.3, -0.25) is 4.79 Å². The molecule has 0 N–H and O–H groups in total. The van der Waals surface area contributed by atoms with Crippen LogP contribution in [0.1, 0.15) is 15.9 Å². The molecule has 5 nitrogen and oxygen atoms in total. The Morgan fingerprint density at radius 1 is 1.08 bits per heavy atom. The predicted molar refractivity (Wildman–Crippen MR) is 89.0 cm³/mol. The summed E-state index contributed by atoms with van der Waals surface area (Å²) < 4.78 is 40.6. The molecule has 1 heterocycles. The fourth-order valence-corrected chi connectivity index (χ4v) is 3.80. The Balaban J connectivity index is 2.22. The van der Waals surface area contributed by atoms with Crippen LogP contribution in [0.15, 0.2) is 65.7 Å². The van der Waals surface area contributed by atoms with Gasteiger partial charge < -0.3 is 0 Å². The number of halogens is 1. The zero-order valence-electron chi connectivity index (χ0n) is 12.8. The first-order chi connectivity index (χ1) is 12.0. The predicted octanol–water partition coefficient (Wildman–Crippen LogP) is 3.22. The monoisotopic (exact) mass is 354 g/mol. The first-order valence-electron chi connectivity index (χ1n) is 7.15. The Hall–Kier alpha value is -3.24. The number of carbonyl (C=O) groups excluding carboxylic acids is 1. The van der Waals surface area contributed by atoms with E-state index in [0.717, 1.165) is 22.2 Å². The van der Waals surface area contributed by atoms with E-state index >= 15 is 0 Å². The fraction of sp³-hybridized carbons (Fsp3) is 0. The maximum atomic E-state index is 13.8. The summed E-state index contributed by atoms with van der Waals surface area (Å²) in [6.45, 7) is 0. The van der Waals surface area contributed by atoms with Crippen molar-refractivity contribution in [2.75, 3.05) is 0 Å². The Kier molecular flexibility index (Phi) is 4.21. The minimum absolute atomic E-state index is 0.177. The number of aldehydes is 1. The Bertz CT molecular complexity index is 1100. The molecule has 3 rings (SSSR count). The summed E-state index contributed by atoms with van der Waals surface area (Å²) in [5, 5.41) is 8.77. The molecule has 0 aliphatic carbocycles. The summed E-state index contributed by atoms with van der Waals surface area (Å²) in [7, 11) is -4.15. The molecular weight excluding hydrogens is 343 g/mol. The molecule has 0 bridgehead atoms. The number of hydrogen-bond acceptors (Lipinski definition) is 4. The van der Waals surface area contributed by atoms with Crippen molar-refractivity contribution in [2.24, 2.45) is 0 Å². The molecule has 1 aromatic heterocycles. The summed E-state index contributed by atoms with van der Waals surface area (Å²) >= 11 is 0. The number of rotatable bonds is 4. The van der Waals surface area contributed by atoms with Crippen molar-refractivity contribution in [1.29, 1.82) is 5.26 Å². The third-order valence-corrected chi connectivity index (χ3v) is 5.30. The van der Waals surface area contributed by atoms with Crippen molar-refractivity contribution in [3.05, 3.63) is 77.7 Å². The van der Waals surface area contributed by atoms with Crippen LogP contribution < -0.4 is 0 Å². The SMILES string of the molecule is N#Cc1ccc(S(=O)(=O)n2cc(C=O)cc2-c2ccccc2)cc1F. The van der Waals surface area contributed by atoms with E-state index in [1.54, 1.807) is 36.4 Å². The molecule has 0 radical (unpaired) electrons. The molecule has 0 spiro atoms. The van der Waals surface area contributed by atoms with Crippen LogP contribution in [0, 0.1) is 17.1 Å². The Morgan fingerprint density at radius 3 is 2.40 bits per heavy atom. The van der Waals surface area contributed by atoms with Crippen LogP contribution in [-0.4, -0.2) is 18.7 Å². The average Bonchev–Trinajstić information content (AvgIpc) is 3.07. The van der Waals surface area contributed by atoms with E-state index in [1.807, 2.05) is 0 Å². The molecule has 0 saturated heterocycles. The number of hydrogen-bond donors (Lipinski definition) is 0. The van der Waals surface area contributed by atoms with Crippen molar-refractivity contribution in [3.63, 3.8) is 0 Å². The number of nitrogens with zero attached hydrogens (tertiary/aromatic N) is 2. The molecule has 3 aromatic rings. The zero-order chi connectivity index (χ0) is 18.0. The van der Waals surface area contributed by atoms with Crippen LogP contribution in [0.3, 0.4) is 0 Å². The molecule has 25 heavy (non-hydrogen) atoms. The summed E-state index contributed by atoms with van der Waals surface area (Å²) in [5.41, 5.74) is 0.806. The highest BCUT2D eigenvalue weighted by Crippen LogP contribution is 2.27. The molecule has 124 valence electrons. The van der Waals surface area contributed by atoms with Crippen molar-refractivity contribution >= 4 is 16.3 Å². The summed E-state index contributed by atoms with van der Waals surface area (Å²) in [6, 6.07) is 14.8. The first-order valence-corrected chi connectivity index (χ1v) is 8.59. The van der Waals surface area contributed by atoms with Gasteiger partial charge in [0.25, 0.3) is 10.0 Å². The smallest absolute Gasteiger partial charge is 0.268 e. The van der Waals surface area contributed by atoms with Crippen molar-refractivity contribution in [3.8, 4) is 17.3 Å². The standard InChI is InChI=1S/C18H11FN2O3S/c19-17-9-16(7-6-15(17)10-20)25(23,24)21-11-13(12-22)8-18(21)14-4-2-1-3-5-14/h1-9,11-12H. The summed E-state index contributed by atoms with van der Waals surface area (Å²) in [5.74, 6) is -0.924. The van der Waals surface area contributed by atoms with Gasteiger partial charge in [-0.15, -0.1) is 0 Å². The molecule has 0 saturated carbocycles. The van der Waals surface area contributed by atoms with Gasteiger partial charge in [0.2, 0.25) is 0 Å². The highest BCUT2D eigenvalue weighted by molar-refractivity contribution is 7.90. The molecule has 0 amide bonds. The van der Waals surface area contributed by atoms with E-state index in [0.29, 0.717) is 11.8 Å². The third-order valence-electron chi connectivity index (χ3n) is 3.63. The van der Waals surface area contributed by atoms with Crippen molar-refractivity contribution in [2.45, 2.75) is 4.90 Å². The van der Waals surface area contributed by atoms with Gasteiger partial charge >= 0.3 is 0 Å². The van der Waals surface area contributed by atoms with Crippen LogP contribution in [-0.2, 0) is 10.0 Å². The lowest BCUT2D eigenvalue weighted by Gasteiger charge is -2.11. The van der Waals surface area contributed by atoms with Crippen LogP contribution in [0.5, 0.6) is 0 Å². The minimum atomic E-state index is -4.15. The molecule has 0 fully saturated rings. The van der Waals surface area contributed by atoms with Gasteiger partial charge in [0.1, 0.15) is 11.9 Å². The third kappa shape index (κ3) is 2.95. The minimum Gasteiger partial charge on any atom is -0.298 e. The second-order valence-electron chi connectivity index (χ2n) is 5.20. The highest BCUT2D eigenvalue weighted by Gasteiger charge is 2.23. The van der Waals surface area contributed by atoms with E-state index in [-0.39, 0.29) is 21.7 Å². The average molecular weight is 354 g/mol. The number of benzene rings is 2. The van der Waals surface area contributed by atoms with Crippen LogP contribution in [0.4, 0.5) is 4.39 Å². The van der Waals surface area contributed by atoms with Crippen LogP contribution in [0.25, 0.3) is 11.3 Å². The van der Waals surface area contributed by atoms with Gasteiger partial charge in [0, 0.05) is 11.8 Å². The molecule has 0 aliphatic rings. The Morgan fingerprint density at radius 2 is 1.80 bits per heavy atom. The summed E-state index contributed by atoms with van der Waals surface area (Å²) in [4.78, 5) is 10.8. The van der Waals surface area contributed by atoms with Gasteiger partial charge in [0.15, 0.2) is 6.29 Å². The van der Waals surface area contributed by atoms with Gasteiger partial charge in [-0.1, -0.05) is 30.3 Å². The van der Waals surface area contributed by atoms with Gasteiger partial charge in [-0.25, -0.2) is 16.8 Å². The molecule has 7 heteroatoms. The van der Waals surface area contributed by atoms with Gasteiger partial charge in [-0.05, 0) is 29.8 Å². The largest absolute Gasteiger partial charge is 0.298 e. The topological polar surface area (TPSA) is 79.9 Å². The molecule has 2 aromatic carbocycles. The van der Waals surface area contributed by atoms with Crippen LogP contribution >= 0.6 is 0 Å². The van der Waals surface area contributed by atoms with Crippen molar-refractivity contribution < 1.29 is 17.6 Å². The maximum Gasteiger partial charge on any atom is 0.268 e. The van der Waals surface area contributed by atoms with E-state index in [4.69, 9.17) is 5.26 Å². The van der Waals surface area contributed by atoms with Gasteiger partial charge in [0.05, 0.1) is 16.2 Å². The number of aromatic nitrogens is 1. The van der Waals surface area contributed by atoms with E-state index in [1.165, 1.54) is 12.3 Å².